The van der Waals surface area contributed by atoms with Crippen molar-refractivity contribution in [1.82, 2.24) is 14.9 Å². The highest BCUT2D eigenvalue weighted by atomic mass is 19.4. The summed E-state index contributed by atoms with van der Waals surface area (Å²) in [7, 11) is 0. The van der Waals surface area contributed by atoms with Gasteiger partial charge in [-0.15, -0.1) is 0 Å². The first kappa shape index (κ1) is 20.1. The number of benzene rings is 1. The smallest absolute Gasteiger partial charge is 0.381 e. The number of aromatic nitrogens is 2. The number of hydrogen-bond acceptors (Lipinski definition) is 5. The summed E-state index contributed by atoms with van der Waals surface area (Å²) in [6, 6.07) is 4.23. The van der Waals surface area contributed by atoms with Crippen LogP contribution < -0.4 is 5.73 Å². The van der Waals surface area contributed by atoms with E-state index >= 15 is 0 Å². The predicted molar refractivity (Wildman–Crippen MR) is 96.9 cm³/mol. The molecule has 150 valence electrons. The second-order valence-electron chi connectivity index (χ2n) is 7.32. The fourth-order valence-corrected chi connectivity index (χ4v) is 3.37. The Morgan fingerprint density at radius 2 is 1.89 bits per heavy atom. The third kappa shape index (κ3) is 3.94. The number of rotatable bonds is 3. The zero-order valence-electron chi connectivity index (χ0n) is 15.5. The number of aliphatic hydroxyl groups is 1. The summed E-state index contributed by atoms with van der Waals surface area (Å²) in [5, 5.41) is 10.1. The number of alkyl halides is 3. The average Bonchev–Trinajstić information content (AvgIpc) is 3.09. The third-order valence-corrected chi connectivity index (χ3v) is 4.71. The molecule has 2 heterocycles. The van der Waals surface area contributed by atoms with Gasteiger partial charge in [0.15, 0.2) is 0 Å². The van der Waals surface area contributed by atoms with Crippen LogP contribution >= 0.6 is 0 Å². The zero-order valence-corrected chi connectivity index (χ0v) is 15.5. The minimum absolute atomic E-state index is 0.00761. The van der Waals surface area contributed by atoms with Gasteiger partial charge in [-0.3, -0.25) is 4.79 Å². The van der Waals surface area contributed by atoms with Gasteiger partial charge in [0.25, 0.3) is 5.91 Å². The molecule has 1 atom stereocenters. The van der Waals surface area contributed by atoms with Crippen LogP contribution in [0.15, 0.2) is 30.5 Å². The molecule has 28 heavy (non-hydrogen) atoms. The Balaban J connectivity index is 2.03. The van der Waals surface area contributed by atoms with Crippen molar-refractivity contribution in [3.05, 3.63) is 41.7 Å². The molecule has 0 radical (unpaired) electrons. The number of nitrogen functional groups attached to an aromatic ring is 1. The van der Waals surface area contributed by atoms with Crippen LogP contribution in [0.25, 0.3) is 11.1 Å². The average molecular weight is 394 g/mol. The molecule has 1 saturated heterocycles. The number of halogens is 3. The second kappa shape index (κ2) is 7.05. The Kier molecular flexibility index (Phi) is 5.05. The van der Waals surface area contributed by atoms with Gasteiger partial charge in [0.2, 0.25) is 5.95 Å². The Hall–Kier alpha value is -2.68. The second-order valence-corrected chi connectivity index (χ2v) is 7.32. The van der Waals surface area contributed by atoms with E-state index in [1.807, 2.05) is 0 Å². The van der Waals surface area contributed by atoms with E-state index in [0.29, 0.717) is 36.2 Å². The van der Waals surface area contributed by atoms with Crippen LogP contribution in [-0.4, -0.2) is 38.0 Å². The molecule has 1 unspecified atom stereocenters. The maximum absolute atomic E-state index is 12.8. The third-order valence-electron chi connectivity index (χ3n) is 4.71. The zero-order chi connectivity index (χ0) is 20.7. The summed E-state index contributed by atoms with van der Waals surface area (Å²) in [4.78, 5) is 22.4. The van der Waals surface area contributed by atoms with Crippen molar-refractivity contribution in [1.29, 1.82) is 0 Å². The van der Waals surface area contributed by atoms with E-state index in [-0.39, 0.29) is 5.95 Å². The molecule has 2 aromatic rings. The number of amides is 1. The van der Waals surface area contributed by atoms with Gasteiger partial charge in [0.05, 0.1) is 17.3 Å². The lowest BCUT2D eigenvalue weighted by molar-refractivity contribution is -0.149. The molecule has 3 N–H and O–H groups in total. The number of nitrogens with zero attached hydrogens (tertiary/aromatic N) is 3. The van der Waals surface area contributed by atoms with E-state index < -0.39 is 29.3 Å². The summed E-state index contributed by atoms with van der Waals surface area (Å²) in [6.45, 7) is 3.27. The molecule has 1 amide bonds. The topological polar surface area (TPSA) is 92.3 Å². The minimum Gasteiger partial charge on any atom is -0.381 e. The highest BCUT2D eigenvalue weighted by Gasteiger charge is 2.39. The molecule has 1 aromatic heterocycles. The van der Waals surface area contributed by atoms with Gasteiger partial charge >= 0.3 is 6.18 Å². The number of likely N-dealkylation sites (tertiary alicyclic amines) is 1. The van der Waals surface area contributed by atoms with Crippen molar-refractivity contribution >= 4 is 11.9 Å². The number of carbonyl (C=O) groups excluding carboxylic acids is 1. The first-order chi connectivity index (χ1) is 13.0. The summed E-state index contributed by atoms with van der Waals surface area (Å²) in [5.41, 5.74) is 4.89. The lowest BCUT2D eigenvalue weighted by atomic mass is 9.98. The van der Waals surface area contributed by atoms with Gasteiger partial charge in [0.1, 0.15) is 5.60 Å². The molecular weight excluding hydrogens is 373 g/mol. The van der Waals surface area contributed by atoms with Gasteiger partial charge in [-0.2, -0.15) is 13.2 Å². The lowest BCUT2D eigenvalue weighted by Crippen LogP contribution is -2.45. The highest BCUT2D eigenvalue weighted by Crippen LogP contribution is 2.38. The van der Waals surface area contributed by atoms with E-state index in [9.17, 15) is 23.1 Å². The maximum Gasteiger partial charge on any atom is 0.416 e. The van der Waals surface area contributed by atoms with Gasteiger partial charge in [-0.05, 0) is 44.4 Å². The fourth-order valence-electron chi connectivity index (χ4n) is 3.37. The molecule has 9 heteroatoms. The molecule has 3 rings (SSSR count). The van der Waals surface area contributed by atoms with Gasteiger partial charge in [-0.1, -0.05) is 12.1 Å². The summed E-state index contributed by atoms with van der Waals surface area (Å²) in [6.07, 6.45) is -1.67. The first-order valence-corrected chi connectivity index (χ1v) is 8.82. The normalized spacial score (nSPS) is 17.8. The number of anilines is 1. The van der Waals surface area contributed by atoms with Crippen LogP contribution in [0.5, 0.6) is 0 Å². The molecule has 1 fully saturated rings. The maximum atomic E-state index is 12.8. The number of nitrogens with two attached hydrogens (primary N) is 1. The summed E-state index contributed by atoms with van der Waals surface area (Å²) in [5.74, 6) is -0.432. The summed E-state index contributed by atoms with van der Waals surface area (Å²) < 4.78 is 38.5. The Morgan fingerprint density at radius 1 is 1.25 bits per heavy atom. The molecule has 0 spiro atoms. The standard InChI is InChI=1S/C19H21F3N4O2/c1-18(2,28)16(27)26-9-3-4-14(26)15-13(10-24-17(23)25-15)11-5-7-12(8-6-11)19(20,21)22/h5-8,10,14,28H,3-4,9H2,1-2H3,(H2,23,24,25). The Labute approximate surface area is 160 Å². The lowest BCUT2D eigenvalue weighted by Gasteiger charge is -2.30. The quantitative estimate of drug-likeness (QED) is 0.834. The Morgan fingerprint density at radius 3 is 2.46 bits per heavy atom. The van der Waals surface area contributed by atoms with E-state index in [2.05, 4.69) is 9.97 Å². The number of carbonyl (C=O) groups is 1. The van der Waals surface area contributed by atoms with Crippen molar-refractivity contribution in [2.75, 3.05) is 12.3 Å². The van der Waals surface area contributed by atoms with E-state index in [1.165, 1.54) is 37.1 Å². The Bertz CT molecular complexity index is 876. The highest BCUT2D eigenvalue weighted by molar-refractivity contribution is 5.85. The molecule has 1 aliphatic rings. The molecule has 1 aliphatic heterocycles. The largest absolute Gasteiger partial charge is 0.416 e. The van der Waals surface area contributed by atoms with Crippen molar-refractivity contribution < 1.29 is 23.1 Å². The van der Waals surface area contributed by atoms with Gasteiger partial charge in [-0.25, -0.2) is 9.97 Å². The van der Waals surface area contributed by atoms with Gasteiger partial charge < -0.3 is 15.7 Å². The molecular formula is C19H21F3N4O2. The van der Waals surface area contributed by atoms with Crippen LogP contribution in [0.4, 0.5) is 19.1 Å². The van der Waals surface area contributed by atoms with Crippen LogP contribution in [0.3, 0.4) is 0 Å². The number of hydrogen-bond donors (Lipinski definition) is 2. The summed E-state index contributed by atoms with van der Waals surface area (Å²) >= 11 is 0. The van der Waals surface area contributed by atoms with Crippen molar-refractivity contribution in [2.45, 2.75) is 44.5 Å². The van der Waals surface area contributed by atoms with Gasteiger partial charge in [0, 0.05) is 18.3 Å². The molecule has 0 bridgehead atoms. The fraction of sp³-hybridized carbons (Fsp3) is 0.421. The van der Waals surface area contributed by atoms with Crippen LogP contribution in [0.1, 0.15) is 44.0 Å². The van der Waals surface area contributed by atoms with E-state index in [0.717, 1.165) is 12.1 Å². The molecule has 0 saturated carbocycles. The molecule has 0 aliphatic carbocycles. The molecule has 6 nitrogen and oxygen atoms in total. The SMILES string of the molecule is CC(C)(O)C(=O)N1CCCC1c1nc(N)ncc1-c1ccc(C(F)(F)F)cc1. The van der Waals surface area contributed by atoms with Crippen LogP contribution in [-0.2, 0) is 11.0 Å². The van der Waals surface area contributed by atoms with Crippen molar-refractivity contribution in [3.63, 3.8) is 0 Å². The van der Waals surface area contributed by atoms with Crippen molar-refractivity contribution in [2.24, 2.45) is 0 Å². The van der Waals surface area contributed by atoms with Crippen LogP contribution in [0.2, 0.25) is 0 Å². The van der Waals surface area contributed by atoms with E-state index in [4.69, 9.17) is 5.73 Å². The monoisotopic (exact) mass is 394 g/mol. The first-order valence-electron chi connectivity index (χ1n) is 8.82. The van der Waals surface area contributed by atoms with Crippen molar-refractivity contribution in [3.8, 4) is 11.1 Å². The molecule has 1 aromatic carbocycles. The predicted octanol–water partition coefficient (Wildman–Crippen LogP) is 3.18. The minimum atomic E-state index is -4.43. The van der Waals surface area contributed by atoms with Crippen LogP contribution in [0, 0.1) is 0 Å². The van der Waals surface area contributed by atoms with E-state index in [1.54, 1.807) is 0 Å².